The van der Waals surface area contributed by atoms with Crippen LogP contribution in [0.15, 0.2) is 78.0 Å². The van der Waals surface area contributed by atoms with Gasteiger partial charge < -0.3 is 15.4 Å². The molecule has 2 N–H and O–H groups in total. The van der Waals surface area contributed by atoms with Gasteiger partial charge in [0, 0.05) is 0 Å². The molecule has 0 aliphatic rings. The van der Waals surface area contributed by atoms with Crippen LogP contribution < -0.4 is 15.4 Å². The van der Waals surface area contributed by atoms with Crippen LogP contribution in [0.1, 0.15) is 21.7 Å². The number of benzene rings is 3. The summed E-state index contributed by atoms with van der Waals surface area (Å²) in [7, 11) is 1.45. The van der Waals surface area contributed by atoms with E-state index >= 15 is 0 Å². The fraction of sp³-hybridized carbons (Fsp3) is 0.154. The molecule has 8 nitrogen and oxygen atoms in total. The van der Waals surface area contributed by atoms with Crippen LogP contribution in [0.5, 0.6) is 5.75 Å². The van der Waals surface area contributed by atoms with Gasteiger partial charge in [-0.2, -0.15) is 13.2 Å². The molecule has 39 heavy (non-hydrogen) atoms. The summed E-state index contributed by atoms with van der Waals surface area (Å²) < 4.78 is 61.0. The Hall–Kier alpha value is -4.39. The quantitative estimate of drug-likeness (QED) is 0.219. The number of halogens is 4. The molecular formula is C26H21F4N5O3S. The number of carbonyl (C=O) groups is 2. The van der Waals surface area contributed by atoms with Crippen molar-refractivity contribution in [1.82, 2.24) is 20.1 Å². The number of hydrogen-bond acceptors (Lipinski definition) is 6. The van der Waals surface area contributed by atoms with Gasteiger partial charge in [0.1, 0.15) is 11.6 Å². The van der Waals surface area contributed by atoms with Gasteiger partial charge in [-0.25, -0.2) is 4.39 Å². The van der Waals surface area contributed by atoms with Gasteiger partial charge in [-0.05, 0) is 36.4 Å². The lowest BCUT2D eigenvalue weighted by Gasteiger charge is -2.15. The molecule has 4 aromatic rings. The fourth-order valence-corrected chi connectivity index (χ4v) is 4.39. The fourth-order valence-electron chi connectivity index (χ4n) is 3.63. The summed E-state index contributed by atoms with van der Waals surface area (Å²) >= 11 is 0.989. The minimum atomic E-state index is -4.71. The number of nitrogens with one attached hydrogen (secondary N) is 2. The highest BCUT2D eigenvalue weighted by molar-refractivity contribution is 7.99. The average molecular weight is 560 g/mol. The van der Waals surface area contributed by atoms with Crippen LogP contribution in [0.3, 0.4) is 0 Å². The predicted molar refractivity (Wildman–Crippen MR) is 136 cm³/mol. The number of rotatable bonds is 9. The summed E-state index contributed by atoms with van der Waals surface area (Å²) in [4.78, 5) is 25.2. The molecule has 0 aliphatic heterocycles. The van der Waals surface area contributed by atoms with Gasteiger partial charge in [0.15, 0.2) is 11.0 Å². The summed E-state index contributed by atoms with van der Waals surface area (Å²) in [6.45, 7) is -0.280. The van der Waals surface area contributed by atoms with Crippen molar-refractivity contribution in [2.75, 3.05) is 18.2 Å². The van der Waals surface area contributed by atoms with E-state index in [-0.39, 0.29) is 29.0 Å². The molecule has 0 spiro atoms. The van der Waals surface area contributed by atoms with E-state index in [9.17, 15) is 27.2 Å². The first-order valence-corrected chi connectivity index (χ1v) is 12.4. The Morgan fingerprint density at radius 2 is 1.67 bits per heavy atom. The van der Waals surface area contributed by atoms with Crippen molar-refractivity contribution < 1.29 is 31.9 Å². The molecule has 4 rings (SSSR count). The molecule has 0 bridgehead atoms. The molecule has 1 aromatic heterocycles. The Morgan fingerprint density at radius 3 is 2.41 bits per heavy atom. The number of ether oxygens (including phenoxy) is 1. The van der Waals surface area contributed by atoms with E-state index < -0.39 is 34.9 Å². The van der Waals surface area contributed by atoms with Crippen molar-refractivity contribution in [2.24, 2.45) is 0 Å². The summed E-state index contributed by atoms with van der Waals surface area (Å²) in [5, 5.41) is 13.4. The topological polar surface area (TPSA) is 98.1 Å². The molecule has 0 saturated carbocycles. The lowest BCUT2D eigenvalue weighted by Crippen LogP contribution is -2.27. The average Bonchev–Trinajstić information content (AvgIpc) is 3.33. The minimum Gasteiger partial charge on any atom is -0.495 e. The van der Waals surface area contributed by atoms with Crippen molar-refractivity contribution >= 4 is 29.3 Å². The second kappa shape index (κ2) is 12.0. The third kappa shape index (κ3) is 6.55. The van der Waals surface area contributed by atoms with Gasteiger partial charge in [-0.15, -0.1) is 10.2 Å². The highest BCUT2D eigenvalue weighted by Crippen LogP contribution is 2.32. The number of thioether (sulfide) groups is 1. The van der Waals surface area contributed by atoms with Crippen LogP contribution in [0.4, 0.5) is 23.2 Å². The summed E-state index contributed by atoms with van der Waals surface area (Å²) in [6, 6.07) is 17.0. The maximum absolute atomic E-state index is 13.9. The van der Waals surface area contributed by atoms with Crippen molar-refractivity contribution in [3.63, 3.8) is 0 Å². The van der Waals surface area contributed by atoms with E-state index in [1.54, 1.807) is 30.3 Å². The second-order valence-corrected chi connectivity index (χ2v) is 8.89. The number of carbonyl (C=O) groups excluding carboxylic acids is 2. The third-order valence-electron chi connectivity index (χ3n) is 5.39. The maximum atomic E-state index is 13.9. The molecule has 0 fully saturated rings. The van der Waals surface area contributed by atoms with Crippen LogP contribution in [0, 0.1) is 5.82 Å². The molecule has 13 heteroatoms. The molecule has 0 saturated heterocycles. The molecule has 0 unspecified atom stereocenters. The first kappa shape index (κ1) is 27.6. The van der Waals surface area contributed by atoms with Crippen molar-refractivity contribution in [3.05, 3.63) is 95.6 Å². The number of aromatic nitrogens is 3. The second-order valence-electron chi connectivity index (χ2n) is 7.95. The maximum Gasteiger partial charge on any atom is 0.417 e. The smallest absolute Gasteiger partial charge is 0.417 e. The zero-order valence-corrected chi connectivity index (χ0v) is 21.1. The van der Waals surface area contributed by atoms with Crippen molar-refractivity contribution in [2.45, 2.75) is 17.9 Å². The number of methoxy groups -OCH3 is 1. The van der Waals surface area contributed by atoms with Crippen LogP contribution in [-0.4, -0.2) is 39.4 Å². The van der Waals surface area contributed by atoms with Crippen LogP contribution in [0.25, 0.3) is 5.69 Å². The van der Waals surface area contributed by atoms with Crippen molar-refractivity contribution in [3.8, 4) is 11.4 Å². The number of alkyl halides is 3. The van der Waals surface area contributed by atoms with E-state index in [1.807, 2.05) is 0 Å². The SMILES string of the molecule is COc1ccccc1-n1c(CNC(=O)c2ccccc2C(F)(F)F)nnc1SCC(=O)Nc1ccccc1F. The number of para-hydroxylation sites is 3. The summed E-state index contributed by atoms with van der Waals surface area (Å²) in [6.07, 6.45) is -4.71. The van der Waals surface area contributed by atoms with Gasteiger partial charge in [0.25, 0.3) is 5.91 Å². The van der Waals surface area contributed by atoms with Crippen LogP contribution in [-0.2, 0) is 17.5 Å². The standard InChI is InChI=1S/C26H21F4N5O3S/c1-38-21-13-7-6-12-20(21)35-22(14-31-24(37)16-8-2-3-9-17(16)26(28,29)30)33-34-25(35)39-15-23(36)32-19-11-5-4-10-18(19)27/h2-13H,14-15H2,1H3,(H,31,37)(H,32,36). The Kier molecular flexibility index (Phi) is 8.49. The predicted octanol–water partition coefficient (Wildman–Crippen LogP) is 5.09. The minimum absolute atomic E-state index is 0.0248. The first-order valence-electron chi connectivity index (χ1n) is 11.4. The zero-order valence-electron chi connectivity index (χ0n) is 20.3. The van der Waals surface area contributed by atoms with E-state index in [2.05, 4.69) is 20.8 Å². The van der Waals surface area contributed by atoms with Crippen molar-refractivity contribution in [1.29, 1.82) is 0 Å². The molecule has 0 atom stereocenters. The Labute approximate surface area is 224 Å². The van der Waals surface area contributed by atoms with Gasteiger partial charge in [0.2, 0.25) is 5.91 Å². The lowest BCUT2D eigenvalue weighted by atomic mass is 10.1. The Bertz CT molecular complexity index is 1490. The zero-order chi connectivity index (χ0) is 28.0. The molecule has 1 heterocycles. The molecule has 2 amide bonds. The number of anilines is 1. The Morgan fingerprint density at radius 1 is 0.974 bits per heavy atom. The molecule has 202 valence electrons. The highest BCUT2D eigenvalue weighted by atomic mass is 32.2. The molecule has 0 aliphatic carbocycles. The van der Waals surface area contributed by atoms with E-state index in [0.717, 1.165) is 23.9 Å². The van der Waals surface area contributed by atoms with Crippen LogP contribution in [0.2, 0.25) is 0 Å². The van der Waals surface area contributed by atoms with E-state index in [0.29, 0.717) is 11.4 Å². The lowest BCUT2D eigenvalue weighted by molar-refractivity contribution is -0.138. The first-order chi connectivity index (χ1) is 18.7. The number of hydrogen-bond donors (Lipinski definition) is 2. The molecule has 3 aromatic carbocycles. The van der Waals surface area contributed by atoms with E-state index in [1.165, 1.54) is 42.0 Å². The summed E-state index contributed by atoms with van der Waals surface area (Å²) in [5.74, 6) is -1.60. The normalized spacial score (nSPS) is 11.2. The van der Waals surface area contributed by atoms with Gasteiger partial charge in [-0.1, -0.05) is 48.2 Å². The molecule has 0 radical (unpaired) electrons. The highest BCUT2D eigenvalue weighted by Gasteiger charge is 2.35. The molecular weight excluding hydrogens is 538 g/mol. The van der Waals surface area contributed by atoms with Crippen LogP contribution >= 0.6 is 11.8 Å². The Balaban J connectivity index is 1.57. The van der Waals surface area contributed by atoms with Gasteiger partial charge >= 0.3 is 6.18 Å². The monoisotopic (exact) mass is 559 g/mol. The van der Waals surface area contributed by atoms with E-state index in [4.69, 9.17) is 4.74 Å². The third-order valence-corrected chi connectivity index (χ3v) is 6.32. The largest absolute Gasteiger partial charge is 0.495 e. The summed E-state index contributed by atoms with van der Waals surface area (Å²) in [5.41, 5.74) is -1.10. The number of amides is 2. The van der Waals surface area contributed by atoms with Gasteiger partial charge in [0.05, 0.1) is 41.9 Å². The van der Waals surface area contributed by atoms with Gasteiger partial charge in [-0.3, -0.25) is 14.2 Å². The number of nitrogens with zero attached hydrogens (tertiary/aromatic N) is 3.